The number of nitrogens with zero attached hydrogens (tertiary/aromatic N) is 2. The highest BCUT2D eigenvalue weighted by Gasteiger charge is 2.09. The summed E-state index contributed by atoms with van der Waals surface area (Å²) in [5.41, 5.74) is 0.982. The van der Waals surface area contributed by atoms with Crippen LogP contribution in [-0.4, -0.2) is 47.1 Å². The number of hydrogen-bond donors (Lipinski definition) is 2. The number of carbonyl (C=O) groups excluding carboxylic acids is 1. The van der Waals surface area contributed by atoms with Gasteiger partial charge in [0.2, 0.25) is 0 Å². The summed E-state index contributed by atoms with van der Waals surface area (Å²) < 4.78 is 0. The first-order valence-corrected chi connectivity index (χ1v) is 7.05. The minimum Gasteiger partial charge on any atom is -0.481 e. The first-order chi connectivity index (χ1) is 9.02. The molecule has 0 saturated carbocycles. The van der Waals surface area contributed by atoms with E-state index in [0.717, 1.165) is 17.1 Å². The van der Waals surface area contributed by atoms with Crippen molar-refractivity contribution in [1.29, 1.82) is 0 Å². The maximum atomic E-state index is 11.6. The molecule has 106 valence electrons. The van der Waals surface area contributed by atoms with Crippen LogP contribution in [0.5, 0.6) is 0 Å². The summed E-state index contributed by atoms with van der Waals surface area (Å²) in [6.45, 7) is 2.77. The molecular formula is C12H19N3O3S. The molecule has 0 unspecified atom stereocenters. The van der Waals surface area contributed by atoms with Gasteiger partial charge in [0.05, 0.1) is 17.1 Å². The van der Waals surface area contributed by atoms with Crippen LogP contribution >= 0.6 is 11.3 Å². The Kier molecular flexibility index (Phi) is 6.27. The Balaban J connectivity index is 2.24. The van der Waals surface area contributed by atoms with Gasteiger partial charge in [-0.1, -0.05) is 6.92 Å². The normalized spacial score (nSPS) is 10.2. The first-order valence-electron chi connectivity index (χ1n) is 6.17. The van der Waals surface area contributed by atoms with E-state index in [1.54, 1.807) is 18.4 Å². The summed E-state index contributed by atoms with van der Waals surface area (Å²) in [5, 5.41) is 14.4. The van der Waals surface area contributed by atoms with Crippen LogP contribution in [0, 0.1) is 0 Å². The van der Waals surface area contributed by atoms with Gasteiger partial charge in [-0.25, -0.2) is 9.78 Å². The maximum Gasteiger partial charge on any atom is 0.317 e. The largest absolute Gasteiger partial charge is 0.481 e. The predicted octanol–water partition coefficient (Wildman–Crippen LogP) is 1.36. The summed E-state index contributed by atoms with van der Waals surface area (Å²) in [7, 11) is 1.58. The summed E-state index contributed by atoms with van der Waals surface area (Å²) in [6.07, 6.45) is 1.57. The van der Waals surface area contributed by atoms with E-state index < -0.39 is 5.97 Å². The van der Waals surface area contributed by atoms with E-state index in [9.17, 15) is 9.59 Å². The SMILES string of the molecule is CCc1nc(CCNC(=O)N(C)CCC(=O)O)cs1. The molecule has 0 aromatic carbocycles. The second kappa shape index (κ2) is 7.73. The lowest BCUT2D eigenvalue weighted by atomic mass is 10.3. The third-order valence-electron chi connectivity index (χ3n) is 2.57. The molecule has 0 aliphatic rings. The van der Waals surface area contributed by atoms with Crippen LogP contribution in [0.4, 0.5) is 4.79 Å². The van der Waals surface area contributed by atoms with Crippen LogP contribution < -0.4 is 5.32 Å². The lowest BCUT2D eigenvalue weighted by Crippen LogP contribution is -2.39. The van der Waals surface area contributed by atoms with E-state index >= 15 is 0 Å². The van der Waals surface area contributed by atoms with Gasteiger partial charge in [0.15, 0.2) is 0 Å². The highest BCUT2D eigenvalue weighted by molar-refractivity contribution is 7.09. The zero-order valence-electron chi connectivity index (χ0n) is 11.2. The zero-order chi connectivity index (χ0) is 14.3. The van der Waals surface area contributed by atoms with E-state index in [0.29, 0.717) is 13.0 Å². The van der Waals surface area contributed by atoms with E-state index in [-0.39, 0.29) is 19.0 Å². The van der Waals surface area contributed by atoms with Crippen molar-refractivity contribution in [2.24, 2.45) is 0 Å². The molecule has 1 aromatic rings. The van der Waals surface area contributed by atoms with Crippen molar-refractivity contribution < 1.29 is 14.7 Å². The molecule has 1 aromatic heterocycles. The number of carboxylic acids is 1. The van der Waals surface area contributed by atoms with Crippen molar-refractivity contribution in [1.82, 2.24) is 15.2 Å². The van der Waals surface area contributed by atoms with E-state index in [2.05, 4.69) is 17.2 Å². The van der Waals surface area contributed by atoms with Gasteiger partial charge in [0, 0.05) is 31.9 Å². The third-order valence-corrected chi connectivity index (χ3v) is 3.61. The second-order valence-electron chi connectivity index (χ2n) is 4.13. The Labute approximate surface area is 116 Å². The molecule has 6 nitrogen and oxygen atoms in total. The average Bonchev–Trinajstić information content (AvgIpc) is 2.83. The minimum atomic E-state index is -0.908. The minimum absolute atomic E-state index is 0.0458. The van der Waals surface area contributed by atoms with Crippen molar-refractivity contribution in [2.45, 2.75) is 26.2 Å². The van der Waals surface area contributed by atoms with E-state index in [4.69, 9.17) is 5.11 Å². The number of aliphatic carboxylic acids is 1. The number of aryl methyl sites for hydroxylation is 1. The molecule has 2 amide bonds. The van der Waals surface area contributed by atoms with Crippen molar-refractivity contribution in [3.63, 3.8) is 0 Å². The number of thiazole rings is 1. The fraction of sp³-hybridized carbons (Fsp3) is 0.583. The number of aromatic nitrogens is 1. The average molecular weight is 285 g/mol. The molecule has 0 radical (unpaired) electrons. The highest BCUT2D eigenvalue weighted by Crippen LogP contribution is 2.10. The lowest BCUT2D eigenvalue weighted by molar-refractivity contribution is -0.137. The Hall–Kier alpha value is -1.63. The number of amides is 2. The Bertz CT molecular complexity index is 434. The van der Waals surface area contributed by atoms with Gasteiger partial charge in [-0.05, 0) is 6.42 Å². The smallest absolute Gasteiger partial charge is 0.317 e. The van der Waals surface area contributed by atoms with Crippen LogP contribution in [0.15, 0.2) is 5.38 Å². The Morgan fingerprint density at radius 3 is 2.84 bits per heavy atom. The molecular weight excluding hydrogens is 266 g/mol. The molecule has 0 aliphatic heterocycles. The molecule has 0 bridgehead atoms. The summed E-state index contributed by atoms with van der Waals surface area (Å²) in [5.74, 6) is -0.908. The molecule has 7 heteroatoms. The number of rotatable bonds is 7. The van der Waals surface area contributed by atoms with Gasteiger partial charge >= 0.3 is 12.0 Å². The lowest BCUT2D eigenvalue weighted by Gasteiger charge is -2.16. The van der Waals surface area contributed by atoms with Crippen LogP contribution in [0.2, 0.25) is 0 Å². The van der Waals surface area contributed by atoms with E-state index in [1.807, 2.05) is 5.38 Å². The molecule has 1 rings (SSSR count). The summed E-state index contributed by atoms with van der Waals surface area (Å²) in [4.78, 5) is 27.8. The number of nitrogens with one attached hydrogen (secondary N) is 1. The fourth-order valence-electron chi connectivity index (χ4n) is 1.42. The van der Waals surface area contributed by atoms with Crippen molar-refractivity contribution in [3.05, 3.63) is 16.1 Å². The van der Waals surface area contributed by atoms with Crippen molar-refractivity contribution >= 4 is 23.3 Å². The third kappa shape index (κ3) is 5.69. The van der Waals surface area contributed by atoms with Gasteiger partial charge in [-0.3, -0.25) is 4.79 Å². The molecule has 2 N–H and O–H groups in total. The van der Waals surface area contributed by atoms with Crippen LogP contribution in [0.1, 0.15) is 24.0 Å². The van der Waals surface area contributed by atoms with Gasteiger partial charge in [0.1, 0.15) is 0 Å². The van der Waals surface area contributed by atoms with E-state index in [1.165, 1.54) is 4.90 Å². The standard InChI is InChI=1S/C12H19N3O3S/c1-3-10-14-9(8-19-10)4-6-13-12(18)15(2)7-5-11(16)17/h8H,3-7H2,1-2H3,(H,13,18)(H,16,17). The van der Waals surface area contributed by atoms with Gasteiger partial charge in [0.25, 0.3) is 0 Å². The summed E-state index contributed by atoms with van der Waals surface area (Å²) in [6, 6.07) is -0.257. The van der Waals surface area contributed by atoms with Gasteiger partial charge in [-0.2, -0.15) is 0 Å². The molecule has 19 heavy (non-hydrogen) atoms. The number of carbonyl (C=O) groups is 2. The quantitative estimate of drug-likeness (QED) is 0.792. The topological polar surface area (TPSA) is 82.5 Å². The second-order valence-corrected chi connectivity index (χ2v) is 5.08. The van der Waals surface area contributed by atoms with Crippen LogP contribution in [0.25, 0.3) is 0 Å². The zero-order valence-corrected chi connectivity index (χ0v) is 12.0. The van der Waals surface area contributed by atoms with Gasteiger partial charge < -0.3 is 15.3 Å². The maximum absolute atomic E-state index is 11.6. The van der Waals surface area contributed by atoms with Crippen LogP contribution in [0.3, 0.4) is 0 Å². The number of urea groups is 1. The molecule has 1 heterocycles. The molecule has 0 atom stereocenters. The predicted molar refractivity (Wildman–Crippen MR) is 73.5 cm³/mol. The fourth-order valence-corrected chi connectivity index (χ4v) is 2.20. The monoisotopic (exact) mass is 285 g/mol. The van der Waals surface area contributed by atoms with Crippen molar-refractivity contribution in [3.8, 4) is 0 Å². The summed E-state index contributed by atoms with van der Waals surface area (Å²) >= 11 is 1.63. The highest BCUT2D eigenvalue weighted by atomic mass is 32.1. The number of hydrogen-bond acceptors (Lipinski definition) is 4. The Morgan fingerprint density at radius 1 is 1.53 bits per heavy atom. The molecule has 0 fully saturated rings. The molecule has 0 spiro atoms. The Morgan fingerprint density at radius 2 is 2.26 bits per heavy atom. The van der Waals surface area contributed by atoms with Crippen molar-refractivity contribution in [2.75, 3.05) is 20.1 Å². The molecule has 0 aliphatic carbocycles. The molecule has 0 saturated heterocycles. The van der Waals surface area contributed by atoms with Crippen LogP contribution in [-0.2, 0) is 17.6 Å². The van der Waals surface area contributed by atoms with Gasteiger partial charge in [-0.15, -0.1) is 11.3 Å². The number of carboxylic acid groups (broad SMARTS) is 1. The first kappa shape index (κ1) is 15.4.